The van der Waals surface area contributed by atoms with Crippen LogP contribution in [0.25, 0.3) is 0 Å². The van der Waals surface area contributed by atoms with Gasteiger partial charge in [-0.05, 0) is 19.3 Å². The van der Waals surface area contributed by atoms with Crippen molar-refractivity contribution in [2.24, 2.45) is 5.73 Å². The Morgan fingerprint density at radius 2 is 2.14 bits per heavy atom. The number of amides is 2. The molecule has 2 amide bonds. The fourth-order valence-corrected chi connectivity index (χ4v) is 1.81. The van der Waals surface area contributed by atoms with E-state index >= 15 is 0 Å². The summed E-state index contributed by atoms with van der Waals surface area (Å²) in [6, 6.07) is 0.427. The van der Waals surface area contributed by atoms with Gasteiger partial charge in [0.05, 0.1) is 0 Å². The minimum atomic E-state index is -0.0609. The molecular formula is C10H21N3O. The minimum Gasteiger partial charge on any atom is -0.335 e. The van der Waals surface area contributed by atoms with E-state index in [2.05, 4.69) is 10.6 Å². The number of hydrogen-bond donors (Lipinski definition) is 3. The fourth-order valence-electron chi connectivity index (χ4n) is 1.81. The lowest BCUT2D eigenvalue weighted by Gasteiger charge is -2.18. The molecule has 1 fully saturated rings. The van der Waals surface area contributed by atoms with Gasteiger partial charge < -0.3 is 16.4 Å². The van der Waals surface area contributed by atoms with Crippen LogP contribution in [0.4, 0.5) is 4.79 Å². The number of carbonyl (C=O) groups is 1. The van der Waals surface area contributed by atoms with Crippen LogP contribution in [0, 0.1) is 0 Å². The molecule has 1 unspecified atom stereocenters. The standard InChI is InChI=1S/C10H21N3O/c1-2-8(7-11)12-10(14)13-9-5-3-4-6-9/h8-9H,2-7,11H2,1H3,(H2,12,13,14). The van der Waals surface area contributed by atoms with Gasteiger partial charge in [-0.3, -0.25) is 0 Å². The molecule has 0 aromatic rings. The van der Waals surface area contributed by atoms with Gasteiger partial charge in [-0.25, -0.2) is 4.79 Å². The van der Waals surface area contributed by atoms with Gasteiger partial charge in [-0.15, -0.1) is 0 Å². The van der Waals surface area contributed by atoms with E-state index in [1.54, 1.807) is 0 Å². The van der Waals surface area contributed by atoms with E-state index in [1.165, 1.54) is 12.8 Å². The Balaban J connectivity index is 2.20. The van der Waals surface area contributed by atoms with Crippen molar-refractivity contribution in [3.05, 3.63) is 0 Å². The Bertz CT molecular complexity index is 168. The van der Waals surface area contributed by atoms with Crippen LogP contribution >= 0.6 is 0 Å². The lowest BCUT2D eigenvalue weighted by atomic mass is 10.2. The summed E-state index contributed by atoms with van der Waals surface area (Å²) < 4.78 is 0. The van der Waals surface area contributed by atoms with E-state index in [0.717, 1.165) is 19.3 Å². The molecule has 0 aliphatic heterocycles. The molecule has 4 nitrogen and oxygen atoms in total. The third kappa shape index (κ3) is 3.54. The summed E-state index contributed by atoms with van der Waals surface area (Å²) in [5.41, 5.74) is 5.50. The Morgan fingerprint density at radius 1 is 1.50 bits per heavy atom. The first kappa shape index (κ1) is 11.3. The first-order valence-corrected chi connectivity index (χ1v) is 5.53. The molecule has 1 atom stereocenters. The van der Waals surface area contributed by atoms with Gasteiger partial charge in [-0.2, -0.15) is 0 Å². The van der Waals surface area contributed by atoms with E-state index < -0.39 is 0 Å². The van der Waals surface area contributed by atoms with E-state index in [0.29, 0.717) is 12.6 Å². The number of urea groups is 1. The Labute approximate surface area is 85.6 Å². The average Bonchev–Trinajstić information content (AvgIpc) is 2.66. The van der Waals surface area contributed by atoms with Crippen LogP contribution in [0.3, 0.4) is 0 Å². The summed E-state index contributed by atoms with van der Waals surface area (Å²) in [4.78, 5) is 11.4. The molecule has 1 saturated carbocycles. The zero-order valence-corrected chi connectivity index (χ0v) is 8.88. The van der Waals surface area contributed by atoms with Crippen molar-refractivity contribution in [1.82, 2.24) is 10.6 Å². The van der Waals surface area contributed by atoms with Crippen LogP contribution in [0.2, 0.25) is 0 Å². The molecule has 0 saturated heterocycles. The highest BCUT2D eigenvalue weighted by atomic mass is 16.2. The van der Waals surface area contributed by atoms with E-state index in [4.69, 9.17) is 5.73 Å². The highest BCUT2D eigenvalue weighted by Crippen LogP contribution is 2.17. The summed E-state index contributed by atoms with van der Waals surface area (Å²) in [7, 11) is 0. The molecule has 14 heavy (non-hydrogen) atoms. The highest BCUT2D eigenvalue weighted by Gasteiger charge is 2.17. The molecule has 0 spiro atoms. The zero-order chi connectivity index (χ0) is 10.4. The zero-order valence-electron chi connectivity index (χ0n) is 8.88. The molecule has 1 aliphatic carbocycles. The second-order valence-electron chi connectivity index (χ2n) is 3.94. The SMILES string of the molecule is CCC(CN)NC(=O)NC1CCCC1. The molecule has 0 radical (unpaired) electrons. The second-order valence-corrected chi connectivity index (χ2v) is 3.94. The van der Waals surface area contributed by atoms with Gasteiger partial charge in [0.25, 0.3) is 0 Å². The number of nitrogens with one attached hydrogen (secondary N) is 2. The molecule has 4 heteroatoms. The first-order valence-electron chi connectivity index (χ1n) is 5.53. The molecule has 0 bridgehead atoms. The summed E-state index contributed by atoms with van der Waals surface area (Å²) in [6.07, 6.45) is 5.59. The van der Waals surface area contributed by atoms with Crippen LogP contribution in [-0.4, -0.2) is 24.7 Å². The number of nitrogens with two attached hydrogens (primary N) is 1. The molecule has 0 aromatic heterocycles. The van der Waals surface area contributed by atoms with Crippen molar-refractivity contribution >= 4 is 6.03 Å². The van der Waals surface area contributed by atoms with E-state index in [-0.39, 0.29) is 12.1 Å². The summed E-state index contributed by atoms with van der Waals surface area (Å²) in [5.74, 6) is 0. The highest BCUT2D eigenvalue weighted by molar-refractivity contribution is 5.74. The summed E-state index contributed by atoms with van der Waals surface area (Å²) >= 11 is 0. The Hall–Kier alpha value is -0.770. The third-order valence-electron chi connectivity index (χ3n) is 2.80. The van der Waals surface area contributed by atoms with Crippen molar-refractivity contribution in [3.8, 4) is 0 Å². The molecular weight excluding hydrogens is 178 g/mol. The fraction of sp³-hybridized carbons (Fsp3) is 0.900. The third-order valence-corrected chi connectivity index (χ3v) is 2.80. The maximum absolute atomic E-state index is 11.4. The van der Waals surface area contributed by atoms with Gasteiger partial charge in [0.2, 0.25) is 0 Å². The summed E-state index contributed by atoms with van der Waals surface area (Å²) in [6.45, 7) is 2.53. The van der Waals surface area contributed by atoms with Gasteiger partial charge in [-0.1, -0.05) is 19.8 Å². The maximum Gasteiger partial charge on any atom is 0.315 e. The maximum atomic E-state index is 11.4. The average molecular weight is 199 g/mol. The monoisotopic (exact) mass is 199 g/mol. The van der Waals surface area contributed by atoms with Crippen LogP contribution in [0.15, 0.2) is 0 Å². The van der Waals surface area contributed by atoms with Crippen molar-refractivity contribution in [2.75, 3.05) is 6.54 Å². The quantitative estimate of drug-likeness (QED) is 0.631. The van der Waals surface area contributed by atoms with Crippen molar-refractivity contribution in [1.29, 1.82) is 0 Å². The molecule has 0 heterocycles. The van der Waals surface area contributed by atoms with E-state index in [9.17, 15) is 4.79 Å². The second kappa shape index (κ2) is 5.86. The predicted molar refractivity (Wildman–Crippen MR) is 57.1 cm³/mol. The molecule has 0 aromatic carbocycles. The van der Waals surface area contributed by atoms with Crippen LogP contribution < -0.4 is 16.4 Å². The van der Waals surface area contributed by atoms with E-state index in [1.807, 2.05) is 6.92 Å². The molecule has 4 N–H and O–H groups in total. The van der Waals surface area contributed by atoms with Gasteiger partial charge >= 0.3 is 6.03 Å². The van der Waals surface area contributed by atoms with Crippen molar-refractivity contribution in [3.63, 3.8) is 0 Å². The molecule has 82 valence electrons. The van der Waals surface area contributed by atoms with Crippen LogP contribution in [0.5, 0.6) is 0 Å². The Morgan fingerprint density at radius 3 is 2.64 bits per heavy atom. The minimum absolute atomic E-state index is 0.0609. The largest absolute Gasteiger partial charge is 0.335 e. The normalized spacial score (nSPS) is 19.3. The van der Waals surface area contributed by atoms with Gasteiger partial charge in [0.15, 0.2) is 0 Å². The number of hydrogen-bond acceptors (Lipinski definition) is 2. The topological polar surface area (TPSA) is 67.1 Å². The molecule has 1 aliphatic rings. The summed E-state index contributed by atoms with van der Waals surface area (Å²) in [5, 5.41) is 5.84. The van der Waals surface area contributed by atoms with Crippen molar-refractivity contribution in [2.45, 2.75) is 51.1 Å². The first-order chi connectivity index (χ1) is 6.76. The van der Waals surface area contributed by atoms with Gasteiger partial charge in [0, 0.05) is 18.6 Å². The van der Waals surface area contributed by atoms with Crippen molar-refractivity contribution < 1.29 is 4.79 Å². The smallest absolute Gasteiger partial charge is 0.315 e. The van der Waals surface area contributed by atoms with Crippen LogP contribution in [0.1, 0.15) is 39.0 Å². The van der Waals surface area contributed by atoms with Crippen LogP contribution in [-0.2, 0) is 0 Å². The Kier molecular flexibility index (Phi) is 4.73. The lowest BCUT2D eigenvalue weighted by Crippen LogP contribution is -2.47. The number of carbonyl (C=O) groups excluding carboxylic acids is 1. The lowest BCUT2D eigenvalue weighted by molar-refractivity contribution is 0.233. The molecule has 1 rings (SSSR count). The predicted octanol–water partition coefficient (Wildman–Crippen LogP) is 0.965. The van der Waals surface area contributed by atoms with Gasteiger partial charge in [0.1, 0.15) is 0 Å². The number of rotatable bonds is 4.